The minimum Gasteiger partial charge on any atom is -0.350 e. The molecule has 2 aromatic heterocycles. The van der Waals surface area contributed by atoms with Gasteiger partial charge < -0.3 is 5.32 Å². The van der Waals surface area contributed by atoms with E-state index < -0.39 is 0 Å². The molecule has 2 heterocycles. The average Bonchev–Trinajstić information content (AvgIpc) is 3.16. The summed E-state index contributed by atoms with van der Waals surface area (Å²) < 4.78 is 2.00. The molecule has 1 amide bonds. The second-order valence-corrected chi connectivity index (χ2v) is 8.96. The van der Waals surface area contributed by atoms with Gasteiger partial charge >= 0.3 is 0 Å². The third-order valence-corrected chi connectivity index (χ3v) is 6.48. The molecule has 32 heavy (non-hydrogen) atoms. The number of amides is 1. The van der Waals surface area contributed by atoms with Gasteiger partial charge in [-0.15, -0.1) is 0 Å². The number of hydrogen-bond acceptors (Lipinski definition) is 4. The quantitative estimate of drug-likeness (QED) is 0.359. The lowest BCUT2D eigenvalue weighted by Crippen LogP contribution is -2.32. The molecule has 2 aromatic carbocycles. The van der Waals surface area contributed by atoms with Gasteiger partial charge in [-0.2, -0.15) is 0 Å². The summed E-state index contributed by atoms with van der Waals surface area (Å²) in [5.41, 5.74) is 6.32. The molecule has 0 spiro atoms. The Morgan fingerprint density at radius 2 is 1.84 bits per heavy atom. The van der Waals surface area contributed by atoms with Crippen LogP contribution in [0.15, 0.2) is 72.0 Å². The molecular weight excluding hydrogens is 416 g/mol. The van der Waals surface area contributed by atoms with Gasteiger partial charge in [-0.3, -0.25) is 9.36 Å². The van der Waals surface area contributed by atoms with Crippen molar-refractivity contribution >= 4 is 28.8 Å². The van der Waals surface area contributed by atoms with Crippen LogP contribution in [0.5, 0.6) is 0 Å². The Kier molecular flexibility index (Phi) is 6.90. The highest BCUT2D eigenvalue weighted by molar-refractivity contribution is 7.98. The van der Waals surface area contributed by atoms with Crippen LogP contribution in [0.3, 0.4) is 0 Å². The van der Waals surface area contributed by atoms with Crippen LogP contribution in [0, 0.1) is 13.8 Å². The Morgan fingerprint density at radius 3 is 2.59 bits per heavy atom. The lowest BCUT2D eigenvalue weighted by atomic mass is 10.1. The van der Waals surface area contributed by atoms with Crippen LogP contribution in [0.2, 0.25) is 0 Å². The van der Waals surface area contributed by atoms with Crippen LogP contribution < -0.4 is 5.32 Å². The number of aryl methyl sites for hydroxylation is 2. The number of aromatic nitrogens is 3. The first-order chi connectivity index (χ1) is 15.5. The first kappa shape index (κ1) is 22.1. The van der Waals surface area contributed by atoms with E-state index in [1.165, 1.54) is 16.7 Å². The van der Waals surface area contributed by atoms with Gasteiger partial charge in [-0.1, -0.05) is 78.3 Å². The second kappa shape index (κ2) is 10.0. The monoisotopic (exact) mass is 444 g/mol. The molecule has 0 saturated carbocycles. The highest BCUT2D eigenvalue weighted by atomic mass is 32.2. The molecule has 0 aliphatic carbocycles. The molecule has 5 nitrogen and oxygen atoms in total. The Hall–Kier alpha value is -3.12. The predicted molar refractivity (Wildman–Crippen MR) is 131 cm³/mol. The Morgan fingerprint density at radius 1 is 1.03 bits per heavy atom. The highest BCUT2D eigenvalue weighted by Crippen LogP contribution is 2.30. The van der Waals surface area contributed by atoms with E-state index in [2.05, 4.69) is 60.5 Å². The summed E-state index contributed by atoms with van der Waals surface area (Å²) in [5, 5.41) is 3.92. The summed E-state index contributed by atoms with van der Waals surface area (Å²) in [6, 6.07) is 20.2. The molecule has 0 fully saturated rings. The number of pyridine rings is 1. The molecule has 0 saturated heterocycles. The minimum absolute atomic E-state index is 0.0181. The Bertz CT molecular complexity index is 1220. The molecule has 0 radical (unpaired) electrons. The number of benzene rings is 2. The number of nitrogens with zero attached hydrogens (tertiary/aromatic N) is 3. The lowest BCUT2D eigenvalue weighted by Gasteiger charge is -2.19. The van der Waals surface area contributed by atoms with E-state index in [1.54, 1.807) is 18.0 Å². The van der Waals surface area contributed by atoms with Crippen LogP contribution in [-0.2, 0) is 17.1 Å². The van der Waals surface area contributed by atoms with Crippen molar-refractivity contribution in [3.63, 3.8) is 0 Å². The fraction of sp³-hybridized carbons (Fsp3) is 0.269. The number of carbonyl (C=O) groups excluding carboxylic acids is 1. The van der Waals surface area contributed by atoms with Crippen molar-refractivity contribution in [1.82, 2.24) is 19.9 Å². The topological polar surface area (TPSA) is 59.8 Å². The summed E-state index contributed by atoms with van der Waals surface area (Å²) >= 11 is 1.64. The molecule has 0 aliphatic rings. The molecule has 1 N–H and O–H groups in total. The van der Waals surface area contributed by atoms with Crippen LogP contribution >= 0.6 is 11.8 Å². The first-order valence-electron chi connectivity index (χ1n) is 10.9. The first-order valence-corrected chi connectivity index (χ1v) is 11.9. The van der Waals surface area contributed by atoms with E-state index in [0.717, 1.165) is 27.6 Å². The van der Waals surface area contributed by atoms with Crippen LogP contribution in [0.1, 0.15) is 41.6 Å². The second-order valence-electron chi connectivity index (χ2n) is 8.02. The molecule has 6 heteroatoms. The number of carbonyl (C=O) groups is 1. The number of nitrogens with one attached hydrogen (secondary N) is 1. The number of thioether (sulfide) groups is 1. The van der Waals surface area contributed by atoms with Gasteiger partial charge in [0, 0.05) is 18.5 Å². The molecule has 4 rings (SSSR count). The standard InChI is InChI=1S/C26H28N4OS/c1-4-23(25(31)28-16-20-12-10-18(2)11-13-20)30-24-22(9-6-14-27-24)29-26(30)32-17-21-8-5-7-19(3)15-21/h5-15,23H,4,16-17H2,1-3H3,(H,28,31)/t23-/m0/s1. The predicted octanol–water partition coefficient (Wildman–Crippen LogP) is 5.61. The normalized spacial score (nSPS) is 12.1. The number of rotatable bonds is 8. The summed E-state index contributed by atoms with van der Waals surface area (Å²) in [6.45, 7) is 6.68. The molecule has 0 unspecified atom stereocenters. The van der Waals surface area contributed by atoms with Crippen molar-refractivity contribution in [3.8, 4) is 0 Å². The van der Waals surface area contributed by atoms with Crippen molar-refractivity contribution in [3.05, 3.63) is 89.1 Å². The maximum atomic E-state index is 13.2. The molecule has 164 valence electrons. The fourth-order valence-corrected chi connectivity index (χ4v) is 4.73. The zero-order chi connectivity index (χ0) is 22.5. The van der Waals surface area contributed by atoms with Gasteiger partial charge in [0.25, 0.3) is 0 Å². The Labute approximate surface area is 193 Å². The third-order valence-electron chi connectivity index (χ3n) is 5.46. The van der Waals surface area contributed by atoms with Gasteiger partial charge in [-0.25, -0.2) is 9.97 Å². The zero-order valence-corrected chi connectivity index (χ0v) is 19.5. The molecular formula is C26H28N4OS. The van der Waals surface area contributed by atoms with E-state index in [4.69, 9.17) is 4.98 Å². The van der Waals surface area contributed by atoms with Crippen LogP contribution in [0.4, 0.5) is 0 Å². The summed E-state index contributed by atoms with van der Waals surface area (Å²) in [7, 11) is 0. The maximum Gasteiger partial charge on any atom is 0.243 e. The van der Waals surface area contributed by atoms with E-state index >= 15 is 0 Å². The van der Waals surface area contributed by atoms with Gasteiger partial charge in [0.05, 0.1) is 0 Å². The fourth-order valence-electron chi connectivity index (χ4n) is 3.74. The Balaban J connectivity index is 1.59. The average molecular weight is 445 g/mol. The zero-order valence-electron chi connectivity index (χ0n) is 18.7. The lowest BCUT2D eigenvalue weighted by molar-refractivity contribution is -0.124. The SMILES string of the molecule is CC[C@@H](C(=O)NCc1ccc(C)cc1)n1c(SCc2cccc(C)c2)nc2cccnc21. The van der Waals surface area contributed by atoms with E-state index in [-0.39, 0.29) is 11.9 Å². The summed E-state index contributed by atoms with van der Waals surface area (Å²) in [4.78, 5) is 22.6. The number of hydrogen-bond donors (Lipinski definition) is 1. The molecule has 0 bridgehead atoms. The van der Waals surface area contributed by atoms with Crippen molar-refractivity contribution in [2.24, 2.45) is 0 Å². The van der Waals surface area contributed by atoms with Gasteiger partial charge in [0.15, 0.2) is 10.8 Å². The van der Waals surface area contributed by atoms with Crippen molar-refractivity contribution < 1.29 is 4.79 Å². The third kappa shape index (κ3) is 5.02. The summed E-state index contributed by atoms with van der Waals surface area (Å²) in [5.74, 6) is 0.766. The van der Waals surface area contributed by atoms with Gasteiger partial charge in [0.2, 0.25) is 5.91 Å². The van der Waals surface area contributed by atoms with E-state index in [0.29, 0.717) is 13.0 Å². The van der Waals surface area contributed by atoms with Gasteiger partial charge in [0.1, 0.15) is 11.6 Å². The number of fused-ring (bicyclic) bond motifs is 1. The minimum atomic E-state index is -0.375. The molecule has 4 aromatic rings. The largest absolute Gasteiger partial charge is 0.350 e. The van der Waals surface area contributed by atoms with Gasteiger partial charge in [-0.05, 0) is 43.5 Å². The van der Waals surface area contributed by atoms with Crippen molar-refractivity contribution in [2.45, 2.75) is 50.7 Å². The van der Waals surface area contributed by atoms with Crippen molar-refractivity contribution in [2.75, 3.05) is 0 Å². The molecule has 0 aliphatic heterocycles. The summed E-state index contributed by atoms with van der Waals surface area (Å²) in [6.07, 6.45) is 2.41. The van der Waals surface area contributed by atoms with E-state index in [9.17, 15) is 4.79 Å². The van der Waals surface area contributed by atoms with Crippen LogP contribution in [-0.4, -0.2) is 20.4 Å². The highest BCUT2D eigenvalue weighted by Gasteiger charge is 2.25. The maximum absolute atomic E-state index is 13.2. The van der Waals surface area contributed by atoms with Crippen molar-refractivity contribution in [1.29, 1.82) is 0 Å². The van der Waals surface area contributed by atoms with Crippen LogP contribution in [0.25, 0.3) is 11.2 Å². The molecule has 1 atom stereocenters. The van der Waals surface area contributed by atoms with E-state index in [1.807, 2.05) is 35.8 Å². The number of imidazole rings is 1. The smallest absolute Gasteiger partial charge is 0.243 e.